The van der Waals surface area contributed by atoms with E-state index in [0.29, 0.717) is 4.68 Å². The second-order valence-electron chi connectivity index (χ2n) is 4.09. The molecule has 0 fully saturated rings. The predicted octanol–water partition coefficient (Wildman–Crippen LogP) is 2.05. The van der Waals surface area contributed by atoms with Crippen molar-refractivity contribution in [3.63, 3.8) is 0 Å². The van der Waals surface area contributed by atoms with Gasteiger partial charge in [0.15, 0.2) is 5.69 Å². The zero-order chi connectivity index (χ0) is 14.9. The van der Waals surface area contributed by atoms with Crippen LogP contribution in [0.1, 0.15) is 16.9 Å². The Morgan fingerprint density at radius 3 is 2.40 bits per heavy atom. The zero-order valence-electron chi connectivity index (χ0n) is 10.0. The van der Waals surface area contributed by atoms with Crippen molar-refractivity contribution in [2.24, 2.45) is 0 Å². The van der Waals surface area contributed by atoms with Gasteiger partial charge in [-0.25, -0.2) is 9.48 Å². The molecule has 1 aromatic carbocycles. The smallest absolute Gasteiger partial charge is 0.390 e. The third-order valence-corrected chi connectivity index (χ3v) is 2.68. The van der Waals surface area contributed by atoms with Gasteiger partial charge in [0, 0.05) is 5.39 Å². The summed E-state index contributed by atoms with van der Waals surface area (Å²) in [5.74, 6) is -1.40. The lowest BCUT2D eigenvalue weighted by Gasteiger charge is -2.10. The van der Waals surface area contributed by atoms with Crippen molar-refractivity contribution in [3.8, 4) is 0 Å². The topological polar surface area (TPSA) is 72.2 Å². The predicted molar refractivity (Wildman–Crippen MR) is 63.6 cm³/mol. The van der Waals surface area contributed by atoms with Gasteiger partial charge in [-0.3, -0.25) is 4.79 Å². The molecule has 0 spiro atoms. The second-order valence-corrected chi connectivity index (χ2v) is 4.09. The highest BCUT2D eigenvalue weighted by molar-refractivity contribution is 6.01. The minimum atomic E-state index is -4.45. The number of rotatable bonds is 3. The molecule has 8 heteroatoms. The number of alkyl halides is 3. The minimum absolute atomic E-state index is 0.0297. The first kappa shape index (κ1) is 14.0. The maximum atomic E-state index is 12.2. The molecule has 2 rings (SSSR count). The number of carboxylic acids is 1. The van der Waals surface area contributed by atoms with Crippen LogP contribution >= 0.6 is 0 Å². The molecule has 1 N–H and O–H groups in total. The molecule has 106 valence electrons. The van der Waals surface area contributed by atoms with E-state index >= 15 is 0 Å². The number of hydrogen-bond donors (Lipinski definition) is 1. The molecule has 1 aromatic heterocycles. The van der Waals surface area contributed by atoms with E-state index in [1.54, 1.807) is 0 Å². The summed E-state index contributed by atoms with van der Waals surface area (Å²) in [6.07, 6.45) is -5.70. The summed E-state index contributed by atoms with van der Waals surface area (Å²) in [6, 6.07) is 5.77. The monoisotopic (exact) mass is 286 g/mol. The number of halogens is 3. The van der Waals surface area contributed by atoms with Crippen molar-refractivity contribution in [3.05, 3.63) is 40.3 Å². The Labute approximate surface area is 110 Å². The maximum Gasteiger partial charge on any atom is 0.390 e. The Bertz CT molecular complexity index is 722. The lowest BCUT2D eigenvalue weighted by atomic mass is 10.1. The van der Waals surface area contributed by atoms with Crippen LogP contribution in [0.25, 0.3) is 10.8 Å². The molecule has 0 radical (unpaired) electrons. The standard InChI is InChI=1S/C12H9F3N2O3/c13-12(14,15)5-6-17-10(18)8-4-2-1-3-7(8)9(16-17)11(19)20/h1-4H,5-6H2,(H,19,20). The number of nitrogens with zero attached hydrogens (tertiary/aromatic N) is 2. The first-order valence-corrected chi connectivity index (χ1v) is 5.59. The molecule has 0 aliphatic heterocycles. The van der Waals surface area contributed by atoms with E-state index in [1.807, 2.05) is 0 Å². The van der Waals surface area contributed by atoms with Crippen LogP contribution in [0.2, 0.25) is 0 Å². The molecular weight excluding hydrogens is 277 g/mol. The highest BCUT2D eigenvalue weighted by atomic mass is 19.4. The summed E-state index contributed by atoms with van der Waals surface area (Å²) < 4.78 is 37.1. The SMILES string of the molecule is O=C(O)c1nn(CCC(F)(F)F)c(=O)c2ccccc12. The van der Waals surface area contributed by atoms with Crippen LogP contribution < -0.4 is 5.56 Å². The van der Waals surface area contributed by atoms with Gasteiger partial charge in [0.25, 0.3) is 5.56 Å². The maximum absolute atomic E-state index is 12.2. The fraction of sp³-hybridized carbons (Fsp3) is 0.250. The molecular formula is C12H9F3N2O3. The summed E-state index contributed by atoms with van der Waals surface area (Å²) >= 11 is 0. The Balaban J connectivity index is 2.59. The lowest BCUT2D eigenvalue weighted by molar-refractivity contribution is -0.137. The first-order valence-electron chi connectivity index (χ1n) is 5.59. The van der Waals surface area contributed by atoms with Crippen molar-refractivity contribution >= 4 is 16.7 Å². The molecule has 20 heavy (non-hydrogen) atoms. The van der Waals surface area contributed by atoms with Crippen molar-refractivity contribution < 1.29 is 23.1 Å². The van der Waals surface area contributed by atoms with Crippen LogP contribution in [0.5, 0.6) is 0 Å². The van der Waals surface area contributed by atoms with Crippen molar-refractivity contribution in [2.45, 2.75) is 19.1 Å². The number of carbonyl (C=O) groups is 1. The number of aryl methyl sites for hydroxylation is 1. The number of carboxylic acid groups (broad SMARTS) is 1. The summed E-state index contributed by atoms with van der Waals surface area (Å²) in [6.45, 7) is -0.715. The number of benzene rings is 1. The average molecular weight is 286 g/mol. The summed E-state index contributed by atoms with van der Waals surface area (Å²) in [5.41, 5.74) is -1.18. The second kappa shape index (κ2) is 4.95. The lowest BCUT2D eigenvalue weighted by Crippen LogP contribution is -2.28. The van der Waals surface area contributed by atoms with Gasteiger partial charge in [-0.1, -0.05) is 18.2 Å². The Hall–Kier alpha value is -2.38. The molecule has 0 amide bonds. The quantitative estimate of drug-likeness (QED) is 0.937. The molecule has 0 saturated carbocycles. The van der Waals surface area contributed by atoms with Crippen molar-refractivity contribution in [1.29, 1.82) is 0 Å². The van der Waals surface area contributed by atoms with E-state index in [-0.39, 0.29) is 10.8 Å². The first-order chi connectivity index (χ1) is 9.29. The van der Waals surface area contributed by atoms with E-state index in [2.05, 4.69) is 5.10 Å². The van der Waals surface area contributed by atoms with Gasteiger partial charge >= 0.3 is 12.1 Å². The van der Waals surface area contributed by atoms with Gasteiger partial charge in [-0.2, -0.15) is 18.3 Å². The fourth-order valence-corrected chi connectivity index (χ4v) is 1.78. The summed E-state index contributed by atoms with van der Waals surface area (Å²) in [5, 5.41) is 12.7. The van der Waals surface area contributed by atoms with E-state index in [0.717, 1.165) is 0 Å². The number of aromatic nitrogens is 2. The average Bonchev–Trinajstić information content (AvgIpc) is 2.37. The van der Waals surface area contributed by atoms with Crippen LogP contribution in [-0.4, -0.2) is 27.0 Å². The van der Waals surface area contributed by atoms with Crippen LogP contribution in [0.3, 0.4) is 0 Å². The molecule has 1 heterocycles. The zero-order valence-corrected chi connectivity index (χ0v) is 10.0. The van der Waals surface area contributed by atoms with Gasteiger partial charge in [-0.05, 0) is 6.07 Å². The molecule has 2 aromatic rings. The minimum Gasteiger partial charge on any atom is -0.476 e. The molecule has 0 atom stereocenters. The van der Waals surface area contributed by atoms with Crippen LogP contribution in [-0.2, 0) is 6.54 Å². The highest BCUT2D eigenvalue weighted by Gasteiger charge is 2.27. The summed E-state index contributed by atoms with van der Waals surface area (Å²) in [7, 11) is 0. The van der Waals surface area contributed by atoms with Crippen molar-refractivity contribution in [2.75, 3.05) is 0 Å². The number of fused-ring (bicyclic) bond motifs is 1. The van der Waals surface area contributed by atoms with Gasteiger partial charge in [-0.15, -0.1) is 0 Å². The molecule has 0 bridgehead atoms. The van der Waals surface area contributed by atoms with Gasteiger partial charge in [0.1, 0.15) is 0 Å². The number of aromatic carboxylic acids is 1. The van der Waals surface area contributed by atoms with E-state index in [1.165, 1.54) is 24.3 Å². The molecule has 5 nitrogen and oxygen atoms in total. The van der Waals surface area contributed by atoms with Crippen LogP contribution in [0.15, 0.2) is 29.1 Å². The van der Waals surface area contributed by atoms with E-state index < -0.39 is 36.4 Å². The Morgan fingerprint density at radius 2 is 1.85 bits per heavy atom. The fourth-order valence-electron chi connectivity index (χ4n) is 1.78. The Morgan fingerprint density at radius 1 is 1.25 bits per heavy atom. The third kappa shape index (κ3) is 2.79. The Kier molecular flexibility index (Phi) is 3.47. The number of hydrogen-bond acceptors (Lipinski definition) is 3. The van der Waals surface area contributed by atoms with Gasteiger partial charge in [0.2, 0.25) is 0 Å². The van der Waals surface area contributed by atoms with Crippen LogP contribution in [0.4, 0.5) is 13.2 Å². The molecule has 0 saturated heterocycles. The molecule has 0 aliphatic carbocycles. The molecule has 0 aliphatic rings. The van der Waals surface area contributed by atoms with E-state index in [4.69, 9.17) is 5.11 Å². The van der Waals surface area contributed by atoms with Crippen molar-refractivity contribution in [1.82, 2.24) is 9.78 Å². The molecule has 0 unspecified atom stereocenters. The largest absolute Gasteiger partial charge is 0.476 e. The third-order valence-electron chi connectivity index (χ3n) is 2.68. The normalized spacial score (nSPS) is 11.8. The van der Waals surface area contributed by atoms with E-state index in [9.17, 15) is 22.8 Å². The summed E-state index contributed by atoms with van der Waals surface area (Å²) in [4.78, 5) is 23.0. The highest BCUT2D eigenvalue weighted by Crippen LogP contribution is 2.20. The van der Waals surface area contributed by atoms with Gasteiger partial charge in [0.05, 0.1) is 18.4 Å². The van der Waals surface area contributed by atoms with Crippen LogP contribution in [0, 0.1) is 0 Å². The van der Waals surface area contributed by atoms with Gasteiger partial charge < -0.3 is 5.11 Å².